The van der Waals surface area contributed by atoms with Crippen LogP contribution in [0.25, 0.3) is 44.1 Å². The normalized spacial score (nSPS) is 11.6. The number of aromatic carboxylic acids is 1. The molecule has 0 saturated heterocycles. The topological polar surface area (TPSA) is 132 Å². The van der Waals surface area contributed by atoms with Crippen molar-refractivity contribution in [2.45, 2.75) is 66.2 Å². The number of rotatable bonds is 17. The van der Waals surface area contributed by atoms with Crippen LogP contribution in [0.3, 0.4) is 0 Å². The molecule has 77 heavy (non-hydrogen) atoms. The minimum Gasteiger partial charge on any atom is -0.478 e. The molecule has 2 unspecified atom stereocenters. The number of nitrogens with zero attached hydrogens (tertiary/aromatic N) is 2. The second-order valence-electron chi connectivity index (χ2n) is 18.6. The van der Waals surface area contributed by atoms with Crippen molar-refractivity contribution in [1.29, 1.82) is 0 Å². The molecule has 0 aliphatic carbocycles. The Morgan fingerprint density at radius 2 is 0.857 bits per heavy atom. The molecule has 2 amide bonds. The van der Waals surface area contributed by atoms with Gasteiger partial charge in [-0.1, -0.05) is 155 Å². The van der Waals surface area contributed by atoms with Gasteiger partial charge in [0.15, 0.2) is 0 Å². The molecule has 8 aromatic carbocycles. The second-order valence-corrected chi connectivity index (χ2v) is 18.6. The van der Waals surface area contributed by atoms with Crippen LogP contribution in [0, 0.1) is 0 Å². The van der Waals surface area contributed by atoms with Gasteiger partial charge in [-0.2, -0.15) is 0 Å². The largest absolute Gasteiger partial charge is 0.478 e. The zero-order valence-corrected chi connectivity index (χ0v) is 42.9. The minimum absolute atomic E-state index is 0. The van der Waals surface area contributed by atoms with Crippen molar-refractivity contribution >= 4 is 45.6 Å². The number of nitrogens with one attached hydrogen (secondary N) is 2. The zero-order valence-electron chi connectivity index (χ0n) is 42.9. The van der Waals surface area contributed by atoms with E-state index in [0.717, 1.165) is 79.2 Å². The minimum atomic E-state index is -0.933. The lowest BCUT2D eigenvalue weighted by atomic mass is 9.98. The number of benzene rings is 8. The van der Waals surface area contributed by atoms with Crippen molar-refractivity contribution in [3.8, 4) is 22.3 Å². The summed E-state index contributed by atoms with van der Waals surface area (Å²) in [5.41, 5.74) is 12.9. The Labute approximate surface area is 450 Å². The van der Waals surface area contributed by atoms with Crippen LogP contribution < -0.4 is 10.6 Å². The first-order valence-corrected chi connectivity index (χ1v) is 25.8. The molecule has 0 aliphatic heterocycles. The first kappa shape index (κ1) is 54.0. The Morgan fingerprint density at radius 1 is 0.468 bits per heavy atom. The summed E-state index contributed by atoms with van der Waals surface area (Å²) in [4.78, 5) is 49.4. The average molecular weight is 1020 g/mol. The van der Waals surface area contributed by atoms with Crippen molar-refractivity contribution in [3.63, 3.8) is 0 Å². The van der Waals surface area contributed by atoms with Gasteiger partial charge >= 0.3 is 11.9 Å². The SMILES string of the molecule is C.CCC(NC(=O)c1ccc2c(ccn2Cc2ccccc2-c2ccc(C(=O)O)cc2)c1)c1ccccc1.CCOC(=O)c1ccc(-c2ccccc2Cn2ccc3cc(C(=O)NC(CC)c4ccccc4)ccc32)cc1. The Bertz CT molecular complexity index is 3620. The predicted octanol–water partition coefficient (Wildman–Crippen LogP) is 15.0. The lowest BCUT2D eigenvalue weighted by Crippen LogP contribution is -2.28. The summed E-state index contributed by atoms with van der Waals surface area (Å²) >= 11 is 0. The van der Waals surface area contributed by atoms with Crippen molar-refractivity contribution in [2.75, 3.05) is 6.61 Å². The van der Waals surface area contributed by atoms with Gasteiger partial charge in [0.1, 0.15) is 0 Å². The molecule has 0 radical (unpaired) electrons. The van der Waals surface area contributed by atoms with Crippen molar-refractivity contribution < 1.29 is 29.0 Å². The Balaban J connectivity index is 0.000000201. The maximum atomic E-state index is 13.1. The van der Waals surface area contributed by atoms with Crippen LogP contribution in [0.5, 0.6) is 0 Å². The van der Waals surface area contributed by atoms with Gasteiger partial charge in [-0.05, 0) is 137 Å². The zero-order chi connectivity index (χ0) is 53.0. The van der Waals surface area contributed by atoms with Crippen molar-refractivity contribution in [1.82, 2.24) is 19.8 Å². The molecule has 0 aliphatic rings. The summed E-state index contributed by atoms with van der Waals surface area (Å²) in [5, 5.41) is 17.6. The highest BCUT2D eigenvalue weighted by Gasteiger charge is 2.18. The molecule has 0 saturated carbocycles. The molecule has 10 nitrogen and oxygen atoms in total. The van der Waals surface area contributed by atoms with Crippen molar-refractivity contribution in [2.24, 2.45) is 0 Å². The van der Waals surface area contributed by atoms with E-state index in [1.165, 1.54) is 0 Å². The summed E-state index contributed by atoms with van der Waals surface area (Å²) in [7, 11) is 0. The maximum absolute atomic E-state index is 13.1. The average Bonchev–Trinajstić information content (AvgIpc) is 4.08. The summed E-state index contributed by atoms with van der Waals surface area (Å²) in [6.45, 7) is 7.63. The number of esters is 1. The third-order valence-electron chi connectivity index (χ3n) is 13.8. The van der Waals surface area contributed by atoms with E-state index in [9.17, 15) is 24.3 Å². The summed E-state index contributed by atoms with van der Waals surface area (Å²) in [5.74, 6) is -1.40. The predicted molar refractivity (Wildman–Crippen MR) is 309 cm³/mol. The van der Waals surface area contributed by atoms with E-state index in [1.807, 2.05) is 170 Å². The van der Waals surface area contributed by atoms with Crippen molar-refractivity contribution in [3.05, 3.63) is 263 Å². The molecule has 10 heteroatoms. The highest BCUT2D eigenvalue weighted by Crippen LogP contribution is 2.30. The first-order chi connectivity index (χ1) is 37.1. The van der Waals surface area contributed by atoms with Crippen LogP contribution in [0.15, 0.2) is 219 Å². The molecule has 2 aromatic heterocycles. The summed E-state index contributed by atoms with van der Waals surface area (Å²) in [6, 6.07) is 66.7. The van der Waals surface area contributed by atoms with E-state index >= 15 is 0 Å². The highest BCUT2D eigenvalue weighted by molar-refractivity contribution is 5.99. The first-order valence-electron chi connectivity index (χ1n) is 25.8. The van der Waals surface area contributed by atoms with Crippen LogP contribution in [0.2, 0.25) is 0 Å². The van der Waals surface area contributed by atoms with E-state index < -0.39 is 5.97 Å². The lowest BCUT2D eigenvalue weighted by Gasteiger charge is -2.17. The van der Waals surface area contributed by atoms with Gasteiger partial charge in [-0.25, -0.2) is 9.59 Å². The fourth-order valence-corrected chi connectivity index (χ4v) is 9.69. The monoisotopic (exact) mass is 1020 g/mol. The Hall–Kier alpha value is -9.28. The van der Waals surface area contributed by atoms with Crippen LogP contribution >= 0.6 is 0 Å². The quantitative estimate of drug-likeness (QED) is 0.0779. The Kier molecular flexibility index (Phi) is 17.7. The number of carbonyl (C=O) groups is 4. The lowest BCUT2D eigenvalue weighted by molar-refractivity contribution is 0.0525. The molecule has 3 N–H and O–H groups in total. The number of carboxylic acids is 1. The number of aromatic nitrogens is 2. The van der Waals surface area contributed by atoms with Gasteiger partial charge in [-0.15, -0.1) is 0 Å². The fourth-order valence-electron chi connectivity index (χ4n) is 9.69. The Morgan fingerprint density at radius 3 is 1.26 bits per heavy atom. The van der Waals surface area contributed by atoms with E-state index in [0.29, 0.717) is 36.4 Å². The molecule has 10 rings (SSSR count). The molecule has 0 spiro atoms. The fraction of sp³-hybridized carbons (Fsp3) is 0.164. The van der Waals surface area contributed by atoms with E-state index in [-0.39, 0.29) is 42.9 Å². The number of ether oxygens (including phenoxy) is 1. The third kappa shape index (κ3) is 12.8. The standard InChI is InChI=1S/C34H32N2O3.C32H28N2O3.CH4/c1-3-31(25-10-6-5-7-11-25)35-33(37)28-18-19-32-27(22-28)20-21-36(32)23-29-12-8-9-13-30(29)24-14-16-26(17-15-24)34(38)39-4-2;1-2-29(23-8-4-3-5-9-23)33-31(35)26-16-17-30-25(20-26)18-19-34(30)21-27-10-6-7-11-28(27)22-12-14-24(15-13-22)32(36)37;/h5-22,31H,3-4,23H2,1-2H3,(H,35,37);3-20,29H,2,21H2,1H3,(H,33,35)(H,36,37);1H4. The van der Waals surface area contributed by atoms with Crippen LogP contribution in [-0.4, -0.2) is 44.6 Å². The second kappa shape index (κ2) is 25.3. The van der Waals surface area contributed by atoms with Gasteiger partial charge < -0.3 is 29.6 Å². The van der Waals surface area contributed by atoms with Gasteiger partial charge in [0.25, 0.3) is 11.8 Å². The maximum Gasteiger partial charge on any atom is 0.338 e. The number of hydrogen-bond acceptors (Lipinski definition) is 5. The molecule has 0 fully saturated rings. The van der Waals surface area contributed by atoms with Gasteiger partial charge in [0.2, 0.25) is 0 Å². The molecule has 388 valence electrons. The van der Waals surface area contributed by atoms with Gasteiger partial charge in [-0.3, -0.25) is 9.59 Å². The van der Waals surface area contributed by atoms with Gasteiger partial charge in [0.05, 0.1) is 29.8 Å². The van der Waals surface area contributed by atoms with E-state index in [4.69, 9.17) is 4.74 Å². The number of amides is 2. The molecule has 0 bridgehead atoms. The highest BCUT2D eigenvalue weighted by atomic mass is 16.5. The molecule has 10 aromatic rings. The molecular formula is C67H64N4O6. The number of carboxylic acid groups (broad SMARTS) is 1. The van der Waals surface area contributed by atoms with E-state index in [2.05, 4.69) is 70.1 Å². The summed E-state index contributed by atoms with van der Waals surface area (Å²) in [6.07, 6.45) is 5.73. The van der Waals surface area contributed by atoms with Crippen LogP contribution in [-0.2, 0) is 17.8 Å². The smallest absolute Gasteiger partial charge is 0.338 e. The van der Waals surface area contributed by atoms with Gasteiger partial charge in [0, 0.05) is 58.4 Å². The molecular weight excluding hydrogens is 957 g/mol. The third-order valence-corrected chi connectivity index (χ3v) is 13.8. The molecule has 2 heterocycles. The number of fused-ring (bicyclic) bond motifs is 2. The summed E-state index contributed by atoms with van der Waals surface area (Å²) < 4.78 is 9.47. The number of carbonyl (C=O) groups excluding carboxylic acids is 3. The number of hydrogen-bond donors (Lipinski definition) is 3. The van der Waals surface area contributed by atoms with Crippen LogP contribution in [0.4, 0.5) is 0 Å². The van der Waals surface area contributed by atoms with Crippen LogP contribution in [0.1, 0.15) is 117 Å². The van der Waals surface area contributed by atoms with E-state index in [1.54, 1.807) is 19.1 Å². The molecule has 2 atom stereocenters.